The molecule has 0 aromatic rings. The number of amides is 1. The predicted octanol–water partition coefficient (Wildman–Crippen LogP) is 1.75. The molecular weight excluding hydrogens is 218 g/mol. The van der Waals surface area contributed by atoms with Crippen molar-refractivity contribution in [2.45, 2.75) is 39.2 Å². The average Bonchev–Trinajstić information content (AvgIpc) is 2.60. The summed E-state index contributed by atoms with van der Waals surface area (Å²) in [6, 6.07) is 0.0351. The van der Waals surface area contributed by atoms with Crippen molar-refractivity contribution in [3.05, 3.63) is 12.7 Å². The molecule has 96 valence electrons. The quantitative estimate of drug-likeness (QED) is 0.524. The van der Waals surface area contributed by atoms with Crippen molar-refractivity contribution in [3.63, 3.8) is 0 Å². The summed E-state index contributed by atoms with van der Waals surface area (Å²) in [5.74, 6) is -0.204. The second-order valence-corrected chi connectivity index (χ2v) is 4.51. The Morgan fingerprint density at radius 2 is 2.35 bits per heavy atom. The Kier molecular flexibility index (Phi) is 5.19. The van der Waals surface area contributed by atoms with Gasteiger partial charge in [-0.1, -0.05) is 26.8 Å². The molecule has 1 aliphatic heterocycles. The summed E-state index contributed by atoms with van der Waals surface area (Å²) >= 11 is 0. The maximum atomic E-state index is 11.9. The molecule has 17 heavy (non-hydrogen) atoms. The normalized spacial score (nSPS) is 23.9. The van der Waals surface area contributed by atoms with Crippen LogP contribution in [0.4, 0.5) is 0 Å². The summed E-state index contributed by atoms with van der Waals surface area (Å²) in [5.41, 5.74) is 0. The molecule has 2 atom stereocenters. The highest BCUT2D eigenvalue weighted by atomic mass is 16.5. The van der Waals surface area contributed by atoms with Gasteiger partial charge in [-0.25, -0.2) is 4.79 Å². The van der Waals surface area contributed by atoms with Gasteiger partial charge in [0.15, 0.2) is 0 Å². The lowest BCUT2D eigenvalue weighted by atomic mass is 10.1. The lowest BCUT2D eigenvalue weighted by Gasteiger charge is -2.24. The van der Waals surface area contributed by atoms with E-state index in [4.69, 9.17) is 4.74 Å². The molecule has 0 bridgehead atoms. The zero-order valence-electron chi connectivity index (χ0n) is 10.6. The Morgan fingerprint density at radius 3 is 2.94 bits per heavy atom. The molecule has 1 rings (SSSR count). The summed E-state index contributed by atoms with van der Waals surface area (Å²) in [6.45, 7) is 8.41. The van der Waals surface area contributed by atoms with Gasteiger partial charge in [0.2, 0.25) is 5.91 Å². The van der Waals surface area contributed by atoms with E-state index in [9.17, 15) is 9.59 Å². The van der Waals surface area contributed by atoms with Crippen molar-refractivity contribution < 1.29 is 14.3 Å². The molecule has 0 radical (unpaired) electrons. The first kappa shape index (κ1) is 13.7. The number of hydrogen-bond donors (Lipinski definition) is 0. The van der Waals surface area contributed by atoms with Crippen LogP contribution in [0.15, 0.2) is 12.7 Å². The van der Waals surface area contributed by atoms with E-state index in [1.807, 2.05) is 11.8 Å². The number of nitrogens with zero attached hydrogens (tertiary/aromatic N) is 1. The first-order valence-electron chi connectivity index (χ1n) is 6.19. The molecule has 1 aliphatic rings. The third-order valence-electron chi connectivity index (χ3n) is 3.11. The minimum atomic E-state index is -0.424. The molecule has 1 heterocycles. The summed E-state index contributed by atoms with van der Waals surface area (Å²) < 4.78 is 5.03. The third-order valence-corrected chi connectivity index (χ3v) is 3.11. The molecular formula is C13H21NO3. The number of carbonyl (C=O) groups is 2. The van der Waals surface area contributed by atoms with E-state index in [-0.39, 0.29) is 24.5 Å². The molecule has 0 aromatic carbocycles. The molecule has 0 aromatic heterocycles. The number of hydrogen-bond acceptors (Lipinski definition) is 3. The van der Waals surface area contributed by atoms with Crippen LogP contribution in [0.25, 0.3) is 0 Å². The van der Waals surface area contributed by atoms with Crippen molar-refractivity contribution in [2.24, 2.45) is 5.92 Å². The van der Waals surface area contributed by atoms with E-state index in [0.29, 0.717) is 0 Å². The monoisotopic (exact) mass is 239 g/mol. The fourth-order valence-corrected chi connectivity index (χ4v) is 2.12. The van der Waals surface area contributed by atoms with Crippen LogP contribution in [-0.2, 0) is 14.3 Å². The summed E-state index contributed by atoms with van der Waals surface area (Å²) in [6.07, 6.45) is 3.96. The van der Waals surface area contributed by atoms with E-state index >= 15 is 0 Å². The number of ether oxygens (including phenoxy) is 1. The van der Waals surface area contributed by atoms with Gasteiger partial charge >= 0.3 is 5.97 Å². The lowest BCUT2D eigenvalue weighted by Crippen LogP contribution is -2.37. The van der Waals surface area contributed by atoms with Crippen LogP contribution in [-0.4, -0.2) is 36.0 Å². The Balaban J connectivity index is 2.52. The SMILES string of the molecule is C=CC(=O)OCC1CC(C)C(=O)N1CCCC. The summed E-state index contributed by atoms with van der Waals surface area (Å²) in [4.78, 5) is 24.8. The fourth-order valence-electron chi connectivity index (χ4n) is 2.12. The first-order chi connectivity index (χ1) is 8.10. The zero-order chi connectivity index (χ0) is 12.8. The second-order valence-electron chi connectivity index (χ2n) is 4.51. The molecule has 0 N–H and O–H groups in total. The predicted molar refractivity (Wildman–Crippen MR) is 65.3 cm³/mol. The minimum absolute atomic E-state index is 0.0351. The number of esters is 1. The zero-order valence-corrected chi connectivity index (χ0v) is 10.6. The van der Waals surface area contributed by atoms with Crippen molar-refractivity contribution in [1.82, 2.24) is 4.90 Å². The number of rotatable bonds is 6. The van der Waals surface area contributed by atoms with Crippen molar-refractivity contribution in [1.29, 1.82) is 0 Å². The standard InChI is InChI=1S/C13H21NO3/c1-4-6-7-14-11(8-10(3)13(14)16)9-17-12(15)5-2/h5,10-11H,2,4,6-9H2,1,3H3. The van der Waals surface area contributed by atoms with Gasteiger partial charge in [-0.15, -0.1) is 0 Å². The molecule has 4 heteroatoms. The third kappa shape index (κ3) is 3.58. The minimum Gasteiger partial charge on any atom is -0.460 e. The van der Waals surface area contributed by atoms with Crippen LogP contribution in [0.3, 0.4) is 0 Å². The molecule has 4 nitrogen and oxygen atoms in total. The number of likely N-dealkylation sites (tertiary alicyclic amines) is 1. The van der Waals surface area contributed by atoms with Gasteiger partial charge in [-0.3, -0.25) is 4.79 Å². The van der Waals surface area contributed by atoms with Crippen LogP contribution >= 0.6 is 0 Å². The molecule has 1 fully saturated rings. The molecule has 2 unspecified atom stereocenters. The highest BCUT2D eigenvalue weighted by Crippen LogP contribution is 2.25. The molecule has 0 aliphatic carbocycles. The highest BCUT2D eigenvalue weighted by molar-refractivity contribution is 5.82. The van der Waals surface area contributed by atoms with Gasteiger partial charge in [0.1, 0.15) is 6.61 Å². The topological polar surface area (TPSA) is 46.6 Å². The van der Waals surface area contributed by atoms with Gasteiger partial charge in [0.05, 0.1) is 6.04 Å². The number of carbonyl (C=O) groups excluding carboxylic acids is 2. The molecule has 1 saturated heterocycles. The molecule has 0 spiro atoms. The second kappa shape index (κ2) is 6.42. The van der Waals surface area contributed by atoms with E-state index < -0.39 is 5.97 Å². The van der Waals surface area contributed by atoms with Gasteiger partial charge in [0, 0.05) is 18.5 Å². The summed E-state index contributed by atoms with van der Waals surface area (Å²) in [7, 11) is 0. The highest BCUT2D eigenvalue weighted by Gasteiger charge is 2.36. The summed E-state index contributed by atoms with van der Waals surface area (Å²) in [5, 5.41) is 0. The van der Waals surface area contributed by atoms with Crippen LogP contribution < -0.4 is 0 Å². The van der Waals surface area contributed by atoms with Gasteiger partial charge in [-0.05, 0) is 12.8 Å². The lowest BCUT2D eigenvalue weighted by molar-refractivity contribution is -0.141. The van der Waals surface area contributed by atoms with Gasteiger partial charge < -0.3 is 9.64 Å². The number of unbranched alkanes of at least 4 members (excludes halogenated alkanes) is 1. The van der Waals surface area contributed by atoms with Crippen LogP contribution in [0, 0.1) is 5.92 Å². The van der Waals surface area contributed by atoms with Crippen molar-refractivity contribution in [3.8, 4) is 0 Å². The fraction of sp³-hybridized carbons (Fsp3) is 0.692. The largest absolute Gasteiger partial charge is 0.460 e. The van der Waals surface area contributed by atoms with Gasteiger partial charge in [-0.2, -0.15) is 0 Å². The molecule has 1 amide bonds. The Labute approximate surface area is 103 Å². The first-order valence-corrected chi connectivity index (χ1v) is 6.19. The Hall–Kier alpha value is -1.32. The van der Waals surface area contributed by atoms with Crippen molar-refractivity contribution >= 4 is 11.9 Å². The van der Waals surface area contributed by atoms with E-state index in [0.717, 1.165) is 31.9 Å². The van der Waals surface area contributed by atoms with Crippen LogP contribution in [0.1, 0.15) is 33.1 Å². The average molecular weight is 239 g/mol. The van der Waals surface area contributed by atoms with E-state index in [1.54, 1.807) is 0 Å². The maximum absolute atomic E-state index is 11.9. The van der Waals surface area contributed by atoms with Crippen LogP contribution in [0.5, 0.6) is 0 Å². The Morgan fingerprint density at radius 1 is 1.65 bits per heavy atom. The van der Waals surface area contributed by atoms with E-state index in [1.165, 1.54) is 0 Å². The van der Waals surface area contributed by atoms with Gasteiger partial charge in [0.25, 0.3) is 0 Å². The van der Waals surface area contributed by atoms with Crippen LogP contribution in [0.2, 0.25) is 0 Å². The smallest absolute Gasteiger partial charge is 0.330 e. The molecule has 0 saturated carbocycles. The maximum Gasteiger partial charge on any atom is 0.330 e. The van der Waals surface area contributed by atoms with Crippen molar-refractivity contribution in [2.75, 3.05) is 13.2 Å². The Bertz CT molecular complexity index is 301. The van der Waals surface area contributed by atoms with E-state index in [2.05, 4.69) is 13.5 Å².